The van der Waals surface area contributed by atoms with Gasteiger partial charge in [-0.2, -0.15) is 8.78 Å². The van der Waals surface area contributed by atoms with Crippen LogP contribution in [0.5, 0.6) is 0 Å². The largest absolute Gasteiger partial charge is 0.378 e. The third-order valence-electron chi connectivity index (χ3n) is 6.73. The first-order chi connectivity index (χ1) is 12.6. The summed E-state index contributed by atoms with van der Waals surface area (Å²) in [5, 5.41) is 0. The maximum Gasteiger partial charge on any atom is 0.328 e. The molecule has 1 saturated carbocycles. The van der Waals surface area contributed by atoms with Gasteiger partial charge in [0.2, 0.25) is 0 Å². The second kappa shape index (κ2) is 7.46. The Morgan fingerprint density at radius 2 is 2.07 bits per heavy atom. The monoisotopic (exact) mass is 381 g/mol. The summed E-state index contributed by atoms with van der Waals surface area (Å²) in [6.07, 6.45) is 3.83. The fourth-order valence-corrected chi connectivity index (χ4v) is 4.75. The van der Waals surface area contributed by atoms with Crippen LogP contribution in [0, 0.1) is 17.3 Å². The first-order valence-electron chi connectivity index (χ1n) is 9.80. The summed E-state index contributed by atoms with van der Waals surface area (Å²) >= 11 is 0. The third kappa shape index (κ3) is 4.00. The maximum absolute atomic E-state index is 14.6. The number of fused-ring (bicyclic) bond motifs is 1. The van der Waals surface area contributed by atoms with E-state index in [-0.39, 0.29) is 36.1 Å². The van der Waals surface area contributed by atoms with Crippen LogP contribution in [-0.4, -0.2) is 48.8 Å². The zero-order chi connectivity index (χ0) is 19.8. The van der Waals surface area contributed by atoms with Crippen molar-refractivity contribution in [1.82, 2.24) is 4.90 Å². The highest BCUT2D eigenvalue weighted by atomic mass is 19.3. The molecule has 1 amide bonds. The Morgan fingerprint density at radius 1 is 1.41 bits per heavy atom. The van der Waals surface area contributed by atoms with Gasteiger partial charge in [0, 0.05) is 25.9 Å². The molecule has 0 aromatic heterocycles. The Morgan fingerprint density at radius 3 is 2.74 bits per heavy atom. The van der Waals surface area contributed by atoms with E-state index in [1.54, 1.807) is 6.08 Å². The van der Waals surface area contributed by atoms with Crippen LogP contribution >= 0.6 is 0 Å². The molecular weight excluding hydrogens is 352 g/mol. The fourth-order valence-electron chi connectivity index (χ4n) is 4.75. The highest BCUT2D eigenvalue weighted by Crippen LogP contribution is 2.53. The molecule has 3 aliphatic rings. The minimum Gasteiger partial charge on any atom is -0.378 e. The molecule has 4 nitrogen and oxygen atoms in total. The van der Waals surface area contributed by atoms with Crippen molar-refractivity contribution in [2.24, 2.45) is 17.3 Å². The maximum atomic E-state index is 14.6. The number of halogens is 2. The zero-order valence-corrected chi connectivity index (χ0v) is 16.2. The number of rotatable bonds is 4. The van der Waals surface area contributed by atoms with Crippen LogP contribution in [0.4, 0.5) is 8.78 Å². The zero-order valence-electron chi connectivity index (χ0n) is 16.2. The van der Waals surface area contributed by atoms with Gasteiger partial charge in [-0.3, -0.25) is 9.59 Å². The first-order valence-corrected chi connectivity index (χ1v) is 9.80. The highest BCUT2D eigenvalue weighted by molar-refractivity contribution is 5.92. The highest BCUT2D eigenvalue weighted by Gasteiger charge is 2.47. The van der Waals surface area contributed by atoms with Crippen molar-refractivity contribution in [3.63, 3.8) is 0 Å². The molecule has 1 saturated heterocycles. The molecule has 0 N–H and O–H groups in total. The molecule has 2 fully saturated rings. The molecule has 0 aromatic rings. The number of hydrogen-bond donors (Lipinski definition) is 0. The van der Waals surface area contributed by atoms with Gasteiger partial charge in [-0.05, 0) is 42.6 Å². The number of hydrogen-bond acceptors (Lipinski definition) is 3. The quantitative estimate of drug-likeness (QED) is 0.697. The predicted molar refractivity (Wildman–Crippen MR) is 98.4 cm³/mol. The van der Waals surface area contributed by atoms with E-state index in [4.69, 9.17) is 4.74 Å². The molecule has 1 heterocycles. The average Bonchev–Trinajstić information content (AvgIpc) is 2.62. The summed E-state index contributed by atoms with van der Waals surface area (Å²) in [6, 6.07) is 0. The van der Waals surface area contributed by atoms with Gasteiger partial charge in [0.1, 0.15) is 0 Å². The molecule has 3 rings (SSSR count). The first kappa shape index (κ1) is 20.2. The van der Waals surface area contributed by atoms with Crippen LogP contribution in [0.1, 0.15) is 46.0 Å². The van der Waals surface area contributed by atoms with E-state index in [0.29, 0.717) is 38.0 Å². The predicted octanol–water partition coefficient (Wildman–Crippen LogP) is 3.77. The Hall–Kier alpha value is -1.56. The van der Waals surface area contributed by atoms with Crippen molar-refractivity contribution < 1.29 is 23.1 Å². The molecule has 2 aliphatic carbocycles. The molecule has 1 aliphatic heterocycles. The average molecular weight is 381 g/mol. The van der Waals surface area contributed by atoms with Crippen molar-refractivity contribution >= 4 is 11.7 Å². The van der Waals surface area contributed by atoms with Gasteiger partial charge in [-0.15, -0.1) is 0 Å². The lowest BCUT2D eigenvalue weighted by atomic mass is 9.57. The number of carbonyl (C=O) groups is 2. The summed E-state index contributed by atoms with van der Waals surface area (Å²) < 4.78 is 34.4. The number of amides is 1. The second-order valence-electron chi connectivity index (χ2n) is 8.54. The number of carbonyl (C=O) groups excluding carboxylic acids is 2. The van der Waals surface area contributed by atoms with E-state index in [1.807, 2.05) is 0 Å². The van der Waals surface area contributed by atoms with Crippen molar-refractivity contribution in [3.05, 3.63) is 23.8 Å². The minimum atomic E-state index is -3.43. The van der Waals surface area contributed by atoms with Crippen molar-refractivity contribution in [1.29, 1.82) is 0 Å². The summed E-state index contributed by atoms with van der Waals surface area (Å²) in [5.41, 5.74) is 1.45. The molecule has 0 radical (unpaired) electrons. The Labute approximate surface area is 159 Å². The van der Waals surface area contributed by atoms with E-state index in [9.17, 15) is 18.4 Å². The van der Waals surface area contributed by atoms with Crippen molar-refractivity contribution in [2.75, 3.05) is 26.3 Å². The molecule has 0 spiro atoms. The molecule has 1 unspecified atom stereocenters. The van der Waals surface area contributed by atoms with E-state index < -0.39 is 18.3 Å². The van der Waals surface area contributed by atoms with Gasteiger partial charge in [0.05, 0.1) is 13.2 Å². The van der Waals surface area contributed by atoms with Gasteiger partial charge in [-0.1, -0.05) is 31.6 Å². The van der Waals surface area contributed by atoms with Crippen molar-refractivity contribution in [2.45, 2.75) is 51.9 Å². The number of ether oxygens (including phenoxy) is 1. The lowest BCUT2D eigenvalue weighted by Gasteiger charge is -2.47. The van der Waals surface area contributed by atoms with Crippen LogP contribution in [0.2, 0.25) is 0 Å². The number of nitrogens with zero attached hydrogens (tertiary/aromatic N) is 1. The molecule has 0 aromatic carbocycles. The summed E-state index contributed by atoms with van der Waals surface area (Å²) in [4.78, 5) is 25.3. The molecular formula is C21H29F2NO3. The third-order valence-corrected chi connectivity index (χ3v) is 6.73. The van der Waals surface area contributed by atoms with Gasteiger partial charge in [-0.25, -0.2) is 0 Å². The van der Waals surface area contributed by atoms with Gasteiger partial charge >= 0.3 is 5.92 Å². The Kier molecular flexibility index (Phi) is 5.57. The lowest BCUT2D eigenvalue weighted by Crippen LogP contribution is -2.49. The van der Waals surface area contributed by atoms with Crippen LogP contribution in [0.25, 0.3) is 0 Å². The fraction of sp³-hybridized carbons (Fsp3) is 0.714. The minimum absolute atomic E-state index is 0.0498. The number of morpholine rings is 1. The van der Waals surface area contributed by atoms with E-state index in [0.717, 1.165) is 12.0 Å². The smallest absolute Gasteiger partial charge is 0.328 e. The molecule has 27 heavy (non-hydrogen) atoms. The van der Waals surface area contributed by atoms with Crippen LogP contribution in [0.3, 0.4) is 0 Å². The molecule has 150 valence electrons. The molecule has 6 heteroatoms. The number of alkyl halides is 2. The van der Waals surface area contributed by atoms with Crippen LogP contribution in [-0.2, 0) is 14.3 Å². The number of ketones is 1. The van der Waals surface area contributed by atoms with E-state index >= 15 is 0 Å². The van der Waals surface area contributed by atoms with E-state index in [2.05, 4.69) is 20.4 Å². The lowest BCUT2D eigenvalue weighted by molar-refractivity contribution is -0.161. The van der Waals surface area contributed by atoms with Crippen LogP contribution in [0.15, 0.2) is 23.8 Å². The van der Waals surface area contributed by atoms with Gasteiger partial charge in [0.15, 0.2) is 5.78 Å². The molecule has 3 atom stereocenters. The second-order valence-corrected chi connectivity index (χ2v) is 8.54. The van der Waals surface area contributed by atoms with Gasteiger partial charge in [0.25, 0.3) is 5.91 Å². The van der Waals surface area contributed by atoms with Crippen LogP contribution < -0.4 is 0 Å². The SMILES string of the molecule is C=C(CC(F)(F)C(=O)N1CCOCC1)C1CCC2=CC(=O)C[C@@H](C)[C@]2(C)C1. The standard InChI is InChI=1S/C21H29F2NO3/c1-14(12-21(22,23)19(26)24-6-8-27-9-7-24)16-4-5-17-11-18(25)10-15(2)20(17,3)13-16/h11,15-16H,1,4-10,12-13H2,2-3H3/t15-,16?,20+/m1/s1. The normalized spacial score (nSPS) is 31.9. The van der Waals surface area contributed by atoms with Gasteiger partial charge < -0.3 is 9.64 Å². The van der Waals surface area contributed by atoms with Crippen molar-refractivity contribution in [3.8, 4) is 0 Å². The summed E-state index contributed by atoms with van der Waals surface area (Å²) in [6.45, 7) is 9.15. The Balaban J connectivity index is 1.67. The van der Waals surface area contributed by atoms with E-state index in [1.165, 1.54) is 4.90 Å². The summed E-state index contributed by atoms with van der Waals surface area (Å²) in [7, 11) is 0. The Bertz CT molecular complexity index is 666. The summed E-state index contributed by atoms with van der Waals surface area (Å²) in [5.74, 6) is -4.25. The molecule has 0 bridgehead atoms. The topological polar surface area (TPSA) is 46.6 Å². The number of allylic oxidation sites excluding steroid dienone is 3.